The van der Waals surface area contributed by atoms with E-state index < -0.39 is 17.8 Å². The van der Waals surface area contributed by atoms with Crippen LogP contribution >= 0.6 is 0 Å². The van der Waals surface area contributed by atoms with Crippen LogP contribution in [-0.2, 0) is 16.0 Å². The van der Waals surface area contributed by atoms with Crippen molar-refractivity contribution in [2.45, 2.75) is 13.3 Å². The monoisotopic (exact) mass is 444 g/mol. The molecule has 168 valence electrons. The van der Waals surface area contributed by atoms with Crippen molar-refractivity contribution in [1.82, 2.24) is 14.2 Å². The molecule has 1 saturated heterocycles. The molecule has 0 unspecified atom stereocenters. The van der Waals surface area contributed by atoms with Crippen molar-refractivity contribution in [3.8, 4) is 0 Å². The zero-order valence-corrected chi connectivity index (χ0v) is 18.4. The van der Waals surface area contributed by atoms with E-state index in [0.717, 1.165) is 11.3 Å². The molecule has 8 heteroatoms. The molecule has 0 bridgehead atoms. The Morgan fingerprint density at radius 1 is 1.00 bits per heavy atom. The number of hydrogen-bond donors (Lipinski definition) is 0. The van der Waals surface area contributed by atoms with Gasteiger partial charge in [0.25, 0.3) is 11.7 Å². The van der Waals surface area contributed by atoms with Crippen molar-refractivity contribution in [3.05, 3.63) is 83.0 Å². The first-order valence-electron chi connectivity index (χ1n) is 10.8. The number of piperazine rings is 1. The average Bonchev–Trinajstić information content (AvgIpc) is 3.22. The number of nitrogens with zero attached hydrogens (tertiary/aromatic N) is 4. The molecule has 2 aromatic heterocycles. The largest absolute Gasteiger partial charge is 0.450 e. The minimum Gasteiger partial charge on any atom is -0.450 e. The van der Waals surface area contributed by atoms with Crippen LogP contribution in [0.1, 0.15) is 28.5 Å². The maximum absolute atomic E-state index is 13.2. The lowest BCUT2D eigenvalue weighted by atomic mass is 10.1. The molecular weight excluding hydrogens is 420 g/mol. The molecule has 3 aromatic rings. The van der Waals surface area contributed by atoms with Gasteiger partial charge in [0.1, 0.15) is 0 Å². The highest BCUT2D eigenvalue weighted by Crippen LogP contribution is 2.22. The molecule has 8 nitrogen and oxygen atoms in total. The van der Waals surface area contributed by atoms with Crippen molar-refractivity contribution >= 4 is 29.0 Å². The molecule has 0 aliphatic carbocycles. The normalized spacial score (nSPS) is 13.6. The predicted molar refractivity (Wildman–Crippen MR) is 122 cm³/mol. The van der Waals surface area contributed by atoms with Gasteiger partial charge in [0.05, 0.1) is 24.3 Å². The fourth-order valence-electron chi connectivity index (χ4n) is 4.00. The number of hydrogen-bond acceptors (Lipinski definition) is 4. The maximum Gasteiger partial charge on any atom is 0.409 e. The zero-order chi connectivity index (χ0) is 23.4. The van der Waals surface area contributed by atoms with E-state index in [0.29, 0.717) is 42.9 Å². The smallest absolute Gasteiger partial charge is 0.409 e. The molecule has 0 spiro atoms. The number of Topliss-reactive ketones (excluding diaryl/α,β-unsaturated/α-hetero) is 1. The highest BCUT2D eigenvalue weighted by molar-refractivity contribution is 6.44. The van der Waals surface area contributed by atoms with Gasteiger partial charge in [0, 0.05) is 44.5 Å². The number of ether oxygens (including phenoxy) is 1. The summed E-state index contributed by atoms with van der Waals surface area (Å²) in [6.07, 6.45) is 2.03. The summed E-state index contributed by atoms with van der Waals surface area (Å²) in [7, 11) is 0. The molecule has 2 amide bonds. The minimum absolute atomic E-state index is 0.287. The lowest BCUT2D eigenvalue weighted by Crippen LogP contribution is -2.52. The van der Waals surface area contributed by atoms with Gasteiger partial charge in [-0.15, -0.1) is 0 Å². The highest BCUT2D eigenvalue weighted by atomic mass is 16.6. The summed E-state index contributed by atoms with van der Waals surface area (Å²) in [6.45, 7) is 10.4. The summed E-state index contributed by atoms with van der Waals surface area (Å²) < 4.78 is 6.92. The minimum atomic E-state index is -0.567. The second-order valence-electron chi connectivity index (χ2n) is 7.77. The van der Waals surface area contributed by atoms with E-state index in [-0.39, 0.29) is 13.1 Å². The summed E-state index contributed by atoms with van der Waals surface area (Å²) in [5, 5.41) is 0. The average molecular weight is 444 g/mol. The van der Waals surface area contributed by atoms with Gasteiger partial charge in [-0.05, 0) is 30.7 Å². The van der Waals surface area contributed by atoms with Gasteiger partial charge in [-0.25, -0.2) is 9.64 Å². The molecule has 0 atom stereocenters. The van der Waals surface area contributed by atoms with E-state index in [1.807, 2.05) is 40.9 Å². The number of rotatable bonds is 5. The Morgan fingerprint density at radius 2 is 1.70 bits per heavy atom. The first-order chi connectivity index (χ1) is 16.0. The SMILES string of the molecule is [C-]#[N+]c1ccc(Cc2cc(C(=O)C(=O)N3CCN(C(=O)OCC)CC3)c3ccccn23)cc1. The van der Waals surface area contributed by atoms with Crippen LogP contribution in [0, 0.1) is 6.57 Å². The van der Waals surface area contributed by atoms with E-state index in [4.69, 9.17) is 11.3 Å². The molecule has 4 rings (SSSR count). The van der Waals surface area contributed by atoms with E-state index in [1.165, 1.54) is 4.90 Å². The lowest BCUT2D eigenvalue weighted by molar-refractivity contribution is -0.128. The summed E-state index contributed by atoms with van der Waals surface area (Å²) >= 11 is 0. The summed E-state index contributed by atoms with van der Waals surface area (Å²) in [5.74, 6) is -1.12. The predicted octanol–water partition coefficient (Wildman–Crippen LogP) is 3.56. The number of fused-ring (bicyclic) bond motifs is 1. The van der Waals surface area contributed by atoms with Gasteiger partial charge in [-0.2, -0.15) is 0 Å². The van der Waals surface area contributed by atoms with Crippen LogP contribution in [0.25, 0.3) is 10.4 Å². The maximum atomic E-state index is 13.2. The topological polar surface area (TPSA) is 75.7 Å². The fraction of sp³-hybridized carbons (Fsp3) is 0.280. The summed E-state index contributed by atoms with van der Waals surface area (Å²) in [6, 6.07) is 14.6. The third-order valence-corrected chi connectivity index (χ3v) is 5.74. The van der Waals surface area contributed by atoms with Crippen LogP contribution in [-0.4, -0.2) is 64.8 Å². The number of pyridine rings is 1. The van der Waals surface area contributed by atoms with E-state index in [1.54, 1.807) is 30.0 Å². The molecule has 1 aromatic carbocycles. The Morgan fingerprint density at radius 3 is 2.36 bits per heavy atom. The summed E-state index contributed by atoms with van der Waals surface area (Å²) in [4.78, 5) is 44.5. The van der Waals surface area contributed by atoms with Crippen molar-refractivity contribution in [2.24, 2.45) is 0 Å². The van der Waals surface area contributed by atoms with Gasteiger partial charge in [0.15, 0.2) is 5.69 Å². The van der Waals surface area contributed by atoms with Crippen LogP contribution in [0.15, 0.2) is 54.7 Å². The van der Waals surface area contributed by atoms with E-state index in [9.17, 15) is 14.4 Å². The molecule has 0 radical (unpaired) electrons. The molecule has 0 saturated carbocycles. The molecule has 1 aliphatic rings. The van der Waals surface area contributed by atoms with Gasteiger partial charge < -0.3 is 18.9 Å². The van der Waals surface area contributed by atoms with Crippen molar-refractivity contribution in [1.29, 1.82) is 0 Å². The van der Waals surface area contributed by atoms with Gasteiger partial charge in [-0.3, -0.25) is 9.59 Å². The van der Waals surface area contributed by atoms with Gasteiger partial charge >= 0.3 is 6.09 Å². The van der Waals surface area contributed by atoms with Crippen LogP contribution in [0.5, 0.6) is 0 Å². The molecule has 0 N–H and O–H groups in total. The third-order valence-electron chi connectivity index (χ3n) is 5.74. The van der Waals surface area contributed by atoms with E-state index in [2.05, 4.69) is 4.85 Å². The molecule has 1 fully saturated rings. The van der Waals surface area contributed by atoms with Gasteiger partial charge in [0.2, 0.25) is 0 Å². The Balaban J connectivity index is 1.53. The number of ketones is 1. The summed E-state index contributed by atoms with van der Waals surface area (Å²) in [5.41, 5.74) is 3.49. The van der Waals surface area contributed by atoms with Crippen LogP contribution in [0.4, 0.5) is 10.5 Å². The van der Waals surface area contributed by atoms with Crippen molar-refractivity contribution in [3.63, 3.8) is 0 Å². The first kappa shape index (κ1) is 22.1. The Labute approximate surface area is 191 Å². The first-order valence-corrected chi connectivity index (χ1v) is 10.8. The van der Waals surface area contributed by atoms with Crippen molar-refractivity contribution in [2.75, 3.05) is 32.8 Å². The highest BCUT2D eigenvalue weighted by Gasteiger charge is 2.30. The quantitative estimate of drug-likeness (QED) is 0.343. The van der Waals surface area contributed by atoms with Crippen LogP contribution in [0.3, 0.4) is 0 Å². The zero-order valence-electron chi connectivity index (χ0n) is 18.4. The Hall–Kier alpha value is -4.12. The second-order valence-corrected chi connectivity index (χ2v) is 7.77. The Bertz CT molecular complexity index is 1230. The number of carbonyl (C=O) groups is 3. The number of aromatic nitrogens is 1. The van der Waals surface area contributed by atoms with E-state index >= 15 is 0 Å². The number of carbonyl (C=O) groups excluding carboxylic acids is 3. The Kier molecular flexibility index (Phi) is 6.41. The number of amides is 2. The number of benzene rings is 1. The van der Waals surface area contributed by atoms with Crippen molar-refractivity contribution < 1.29 is 19.1 Å². The van der Waals surface area contributed by atoms with Crippen LogP contribution < -0.4 is 0 Å². The molecule has 33 heavy (non-hydrogen) atoms. The standard InChI is InChI=1S/C25H24N4O4/c1-3-33-25(32)28-14-12-27(13-15-28)24(31)23(30)21-17-20(29-11-5-4-6-22(21)29)16-18-7-9-19(26-2)10-8-18/h4-11,17H,3,12-16H2,1H3. The van der Waals surface area contributed by atoms with Crippen LogP contribution in [0.2, 0.25) is 0 Å². The fourth-order valence-corrected chi connectivity index (χ4v) is 4.00. The van der Waals surface area contributed by atoms with Gasteiger partial charge in [-0.1, -0.05) is 30.3 Å². The third kappa shape index (κ3) is 4.58. The second kappa shape index (κ2) is 9.57. The lowest BCUT2D eigenvalue weighted by Gasteiger charge is -2.33. The molecular formula is C25H24N4O4. The molecule has 1 aliphatic heterocycles. The molecule has 3 heterocycles.